The van der Waals surface area contributed by atoms with Crippen LogP contribution in [0.4, 0.5) is 0 Å². The molecule has 0 unspecified atom stereocenters. The van der Waals surface area contributed by atoms with Gasteiger partial charge in [-0.2, -0.15) is 0 Å². The topological polar surface area (TPSA) is 0 Å². The van der Waals surface area contributed by atoms with Crippen LogP contribution in [-0.4, -0.2) is 4.43 Å². The molecule has 0 nitrogen and oxygen atoms in total. The first-order chi connectivity index (χ1) is 7.29. The van der Waals surface area contributed by atoms with Crippen molar-refractivity contribution in [2.45, 2.75) is 38.5 Å². The average molecular weight is 314 g/mol. The molecule has 1 fully saturated rings. The molecule has 0 aromatic heterocycles. The van der Waals surface area contributed by atoms with E-state index >= 15 is 0 Å². The van der Waals surface area contributed by atoms with Crippen molar-refractivity contribution in [3.05, 3.63) is 35.4 Å². The Kier molecular flexibility index (Phi) is 4.06. The second-order valence-corrected chi connectivity index (χ2v) is 5.66. The number of hydrogen-bond acceptors (Lipinski definition) is 0. The predicted octanol–water partition coefficient (Wildman–Crippen LogP) is 4.70. The number of aryl methyl sites for hydroxylation is 1. The highest BCUT2D eigenvalue weighted by molar-refractivity contribution is 14.1. The monoisotopic (exact) mass is 314 g/mol. The van der Waals surface area contributed by atoms with Gasteiger partial charge in [0.25, 0.3) is 0 Å². The van der Waals surface area contributed by atoms with Crippen LogP contribution in [0, 0.1) is 12.8 Å². The van der Waals surface area contributed by atoms with Crippen LogP contribution >= 0.6 is 22.6 Å². The van der Waals surface area contributed by atoms with Crippen molar-refractivity contribution in [1.82, 2.24) is 0 Å². The number of alkyl halides is 1. The summed E-state index contributed by atoms with van der Waals surface area (Å²) in [6, 6.07) is 9.15. The van der Waals surface area contributed by atoms with E-state index in [9.17, 15) is 0 Å². The molecule has 0 heterocycles. The van der Waals surface area contributed by atoms with Crippen molar-refractivity contribution in [2.24, 2.45) is 5.92 Å². The van der Waals surface area contributed by atoms with Crippen molar-refractivity contribution in [3.63, 3.8) is 0 Å². The van der Waals surface area contributed by atoms with Gasteiger partial charge < -0.3 is 0 Å². The molecule has 0 N–H and O–H groups in total. The van der Waals surface area contributed by atoms with E-state index < -0.39 is 0 Å². The second-order valence-electron chi connectivity index (χ2n) is 4.78. The minimum atomic E-state index is 0.838. The lowest BCUT2D eigenvalue weighted by Gasteiger charge is -2.27. The Morgan fingerprint density at radius 3 is 2.20 bits per heavy atom. The van der Waals surface area contributed by atoms with Crippen LogP contribution in [-0.2, 0) is 0 Å². The summed E-state index contributed by atoms with van der Waals surface area (Å²) < 4.78 is 1.35. The lowest BCUT2D eigenvalue weighted by atomic mass is 9.79. The van der Waals surface area contributed by atoms with Crippen molar-refractivity contribution in [1.29, 1.82) is 0 Å². The van der Waals surface area contributed by atoms with Gasteiger partial charge in [-0.15, -0.1) is 0 Å². The number of rotatable bonds is 2. The maximum Gasteiger partial charge on any atom is 0.00237 e. The molecule has 1 aliphatic carbocycles. The van der Waals surface area contributed by atoms with Crippen LogP contribution in [0.1, 0.15) is 42.7 Å². The highest BCUT2D eigenvalue weighted by Gasteiger charge is 2.21. The van der Waals surface area contributed by atoms with Crippen molar-refractivity contribution in [2.75, 3.05) is 4.43 Å². The van der Waals surface area contributed by atoms with Crippen molar-refractivity contribution in [3.8, 4) is 0 Å². The molecule has 1 aromatic carbocycles. The van der Waals surface area contributed by atoms with Gasteiger partial charge in [0.1, 0.15) is 0 Å². The summed E-state index contributed by atoms with van der Waals surface area (Å²) in [6.07, 6.45) is 5.66. The first-order valence-electron chi connectivity index (χ1n) is 5.92. The third-order valence-electron chi connectivity index (χ3n) is 3.61. The molecule has 0 atom stereocenters. The van der Waals surface area contributed by atoms with E-state index in [1.54, 1.807) is 5.56 Å². The van der Waals surface area contributed by atoms with Crippen LogP contribution in [0.25, 0.3) is 0 Å². The first kappa shape index (κ1) is 11.4. The van der Waals surface area contributed by atoms with Gasteiger partial charge in [0, 0.05) is 4.43 Å². The smallest absolute Gasteiger partial charge is 0.00237 e. The molecule has 82 valence electrons. The van der Waals surface area contributed by atoms with E-state index in [1.807, 2.05) is 0 Å². The van der Waals surface area contributed by atoms with Gasteiger partial charge >= 0.3 is 0 Å². The largest absolute Gasteiger partial charge is 0.0861 e. The Morgan fingerprint density at radius 2 is 1.67 bits per heavy atom. The fraction of sp³-hybridized carbons (Fsp3) is 0.571. The minimum Gasteiger partial charge on any atom is -0.0861 e. The molecule has 0 aliphatic heterocycles. The molecular weight excluding hydrogens is 295 g/mol. The quantitative estimate of drug-likeness (QED) is 0.548. The second kappa shape index (κ2) is 5.33. The lowest BCUT2D eigenvalue weighted by molar-refractivity contribution is 0.356. The SMILES string of the molecule is Cc1ccc(C2CCC(CI)CC2)cc1. The zero-order valence-corrected chi connectivity index (χ0v) is 11.5. The van der Waals surface area contributed by atoms with Crippen molar-refractivity contribution < 1.29 is 0 Å². The summed E-state index contributed by atoms with van der Waals surface area (Å²) in [5, 5.41) is 0. The molecule has 0 amide bonds. The molecular formula is C14H19I. The van der Waals surface area contributed by atoms with Crippen molar-refractivity contribution >= 4 is 22.6 Å². The molecule has 1 aromatic rings. The molecule has 0 radical (unpaired) electrons. The summed E-state index contributed by atoms with van der Waals surface area (Å²) in [6.45, 7) is 2.16. The lowest BCUT2D eigenvalue weighted by Crippen LogP contribution is -2.14. The summed E-state index contributed by atoms with van der Waals surface area (Å²) in [7, 11) is 0. The maximum atomic E-state index is 2.53. The van der Waals surface area contributed by atoms with Crippen LogP contribution in [0.3, 0.4) is 0 Å². The first-order valence-corrected chi connectivity index (χ1v) is 7.44. The van der Waals surface area contributed by atoms with Gasteiger partial charge in [0.05, 0.1) is 0 Å². The predicted molar refractivity (Wildman–Crippen MR) is 74.8 cm³/mol. The molecule has 15 heavy (non-hydrogen) atoms. The Hall–Kier alpha value is -0.0500. The number of hydrogen-bond donors (Lipinski definition) is 0. The fourth-order valence-electron chi connectivity index (χ4n) is 2.49. The van der Waals surface area contributed by atoms with Crippen LogP contribution < -0.4 is 0 Å². The number of benzene rings is 1. The van der Waals surface area contributed by atoms with E-state index in [-0.39, 0.29) is 0 Å². The van der Waals surface area contributed by atoms with Gasteiger partial charge in [-0.25, -0.2) is 0 Å². The van der Waals surface area contributed by atoms with Gasteiger partial charge in [-0.05, 0) is 50.0 Å². The molecule has 0 spiro atoms. The Balaban J connectivity index is 1.98. The van der Waals surface area contributed by atoms with Gasteiger partial charge in [-0.3, -0.25) is 0 Å². The van der Waals surface area contributed by atoms with Crippen LogP contribution in [0.2, 0.25) is 0 Å². The van der Waals surface area contributed by atoms with E-state index in [4.69, 9.17) is 0 Å². The highest BCUT2D eigenvalue weighted by Crippen LogP contribution is 2.36. The summed E-state index contributed by atoms with van der Waals surface area (Å²) >= 11 is 2.53. The molecule has 1 heteroatoms. The zero-order chi connectivity index (χ0) is 10.7. The van der Waals surface area contributed by atoms with E-state index in [1.165, 1.54) is 35.7 Å². The summed E-state index contributed by atoms with van der Waals surface area (Å²) in [4.78, 5) is 0. The zero-order valence-electron chi connectivity index (χ0n) is 9.38. The maximum absolute atomic E-state index is 2.53. The third kappa shape index (κ3) is 2.96. The summed E-state index contributed by atoms with van der Waals surface area (Å²) in [5.74, 6) is 1.83. The third-order valence-corrected chi connectivity index (χ3v) is 4.86. The molecule has 0 bridgehead atoms. The molecule has 1 saturated carbocycles. The highest BCUT2D eigenvalue weighted by atomic mass is 127. The van der Waals surface area contributed by atoms with Gasteiger partial charge in [0.2, 0.25) is 0 Å². The average Bonchev–Trinajstić information content (AvgIpc) is 2.30. The molecule has 1 aliphatic rings. The fourth-order valence-corrected chi connectivity index (χ4v) is 3.37. The normalized spacial score (nSPS) is 26.5. The van der Waals surface area contributed by atoms with Crippen LogP contribution in [0.15, 0.2) is 24.3 Å². The minimum absolute atomic E-state index is 0.838. The van der Waals surface area contributed by atoms with Gasteiger partial charge in [0.15, 0.2) is 0 Å². The van der Waals surface area contributed by atoms with E-state index in [2.05, 4.69) is 53.8 Å². The standard InChI is InChI=1S/C14H19I/c1-11-2-6-13(7-3-11)14-8-4-12(10-15)5-9-14/h2-3,6-7,12,14H,4-5,8-10H2,1H3. The van der Waals surface area contributed by atoms with Gasteiger partial charge in [-0.1, -0.05) is 52.4 Å². The van der Waals surface area contributed by atoms with Crippen LogP contribution in [0.5, 0.6) is 0 Å². The van der Waals surface area contributed by atoms with E-state index in [0.29, 0.717) is 0 Å². The summed E-state index contributed by atoms with van der Waals surface area (Å²) in [5.41, 5.74) is 2.94. The Labute approximate surface area is 107 Å². The van der Waals surface area contributed by atoms with E-state index in [0.717, 1.165) is 11.8 Å². The molecule has 2 rings (SSSR count). The Morgan fingerprint density at radius 1 is 1.07 bits per heavy atom. The molecule has 0 saturated heterocycles. The Bertz CT molecular complexity index is 294. The number of halogens is 1.